The zero-order chi connectivity index (χ0) is 39.3. The van der Waals surface area contributed by atoms with E-state index in [9.17, 15) is 9.59 Å². The van der Waals surface area contributed by atoms with Gasteiger partial charge in [-0.25, -0.2) is 0 Å². The maximum absolute atomic E-state index is 12.7. The van der Waals surface area contributed by atoms with Gasteiger partial charge < -0.3 is 14.2 Å². The second-order valence-corrected chi connectivity index (χ2v) is 14.2. The molecule has 0 aliphatic rings. The van der Waals surface area contributed by atoms with E-state index in [-0.39, 0.29) is 25.2 Å². The van der Waals surface area contributed by atoms with Crippen molar-refractivity contribution in [3.63, 3.8) is 0 Å². The highest BCUT2D eigenvalue weighted by Gasteiger charge is 2.17. The first-order chi connectivity index (χ1) is 26.6. The van der Waals surface area contributed by atoms with E-state index in [4.69, 9.17) is 14.2 Å². The van der Waals surface area contributed by atoms with Crippen molar-refractivity contribution in [3.05, 3.63) is 85.1 Å². The van der Waals surface area contributed by atoms with E-state index >= 15 is 0 Å². The van der Waals surface area contributed by atoms with Crippen LogP contribution in [0.25, 0.3) is 0 Å². The first kappa shape index (κ1) is 51.1. The third kappa shape index (κ3) is 41.8. The highest BCUT2D eigenvalue weighted by Crippen LogP contribution is 2.12. The van der Waals surface area contributed by atoms with Gasteiger partial charge in [-0.2, -0.15) is 0 Å². The number of unbranched alkanes of at least 4 members (excludes halogenated alkanes) is 14. The Bertz CT molecular complexity index is 1030. The molecule has 0 N–H and O–H groups in total. The van der Waals surface area contributed by atoms with Crippen LogP contribution in [-0.2, 0) is 23.8 Å². The molecule has 0 radical (unpaired) electrons. The summed E-state index contributed by atoms with van der Waals surface area (Å²) in [6, 6.07) is 0. The number of hydrogen-bond acceptors (Lipinski definition) is 5. The van der Waals surface area contributed by atoms with E-state index in [1.165, 1.54) is 38.5 Å². The predicted octanol–water partition coefficient (Wildman–Crippen LogP) is 14.6. The van der Waals surface area contributed by atoms with Crippen LogP contribution in [0.1, 0.15) is 188 Å². The maximum Gasteiger partial charge on any atom is 0.306 e. The predicted molar refractivity (Wildman–Crippen MR) is 233 cm³/mol. The summed E-state index contributed by atoms with van der Waals surface area (Å²) in [5.41, 5.74) is 0. The van der Waals surface area contributed by atoms with Gasteiger partial charge in [-0.05, 0) is 89.9 Å². The molecule has 0 saturated carbocycles. The molecule has 5 heteroatoms. The largest absolute Gasteiger partial charge is 0.462 e. The van der Waals surface area contributed by atoms with E-state index in [0.717, 1.165) is 116 Å². The van der Waals surface area contributed by atoms with Crippen molar-refractivity contribution < 1.29 is 23.8 Å². The molecule has 1 atom stereocenters. The van der Waals surface area contributed by atoms with Gasteiger partial charge in [0.25, 0.3) is 0 Å². The van der Waals surface area contributed by atoms with E-state index in [1.54, 1.807) is 0 Å². The van der Waals surface area contributed by atoms with Crippen molar-refractivity contribution in [2.24, 2.45) is 0 Å². The molecule has 0 heterocycles. The summed E-state index contributed by atoms with van der Waals surface area (Å²) in [5.74, 6) is -0.457. The number of ether oxygens (including phenoxy) is 3. The Morgan fingerprint density at radius 3 is 1.33 bits per heavy atom. The summed E-state index contributed by atoms with van der Waals surface area (Å²) in [7, 11) is 0. The molecule has 5 nitrogen and oxygen atoms in total. The summed E-state index contributed by atoms with van der Waals surface area (Å²) in [6.45, 7) is 7.46. The fraction of sp³-hybridized carbons (Fsp3) is 0.673. The molecule has 0 aliphatic carbocycles. The lowest BCUT2D eigenvalue weighted by Crippen LogP contribution is -2.30. The van der Waals surface area contributed by atoms with Gasteiger partial charge in [0.05, 0.1) is 6.61 Å². The minimum Gasteiger partial charge on any atom is -0.462 e. The van der Waals surface area contributed by atoms with Gasteiger partial charge in [-0.3, -0.25) is 9.59 Å². The highest BCUT2D eigenvalue weighted by molar-refractivity contribution is 5.70. The zero-order valence-electron chi connectivity index (χ0n) is 35.2. The van der Waals surface area contributed by atoms with Gasteiger partial charge in [0.15, 0.2) is 6.10 Å². The minimum atomic E-state index is -0.564. The monoisotopic (exact) mass is 751 g/mol. The normalized spacial score (nSPS) is 13.0. The molecule has 0 spiro atoms. The molecule has 0 aromatic rings. The topological polar surface area (TPSA) is 61.8 Å². The van der Waals surface area contributed by atoms with Crippen molar-refractivity contribution in [2.75, 3.05) is 19.8 Å². The van der Waals surface area contributed by atoms with Crippen LogP contribution in [0.15, 0.2) is 85.1 Å². The van der Waals surface area contributed by atoms with E-state index in [0.29, 0.717) is 19.4 Å². The Labute approximate surface area is 333 Å². The van der Waals surface area contributed by atoms with Crippen molar-refractivity contribution in [3.8, 4) is 0 Å². The van der Waals surface area contributed by atoms with Gasteiger partial charge in [0.2, 0.25) is 0 Å². The van der Waals surface area contributed by atoms with Gasteiger partial charge in [0.1, 0.15) is 6.61 Å². The van der Waals surface area contributed by atoms with Crippen LogP contribution in [0.5, 0.6) is 0 Å². The van der Waals surface area contributed by atoms with Crippen molar-refractivity contribution in [1.82, 2.24) is 0 Å². The fourth-order valence-corrected chi connectivity index (χ4v) is 5.69. The molecule has 0 saturated heterocycles. The summed E-state index contributed by atoms with van der Waals surface area (Å²) in [6.07, 6.45) is 57.3. The van der Waals surface area contributed by atoms with Gasteiger partial charge in [0, 0.05) is 19.4 Å². The zero-order valence-corrected chi connectivity index (χ0v) is 35.2. The Balaban J connectivity index is 4.34. The summed E-state index contributed by atoms with van der Waals surface area (Å²) < 4.78 is 17.2. The fourth-order valence-electron chi connectivity index (χ4n) is 5.69. The van der Waals surface area contributed by atoms with Crippen LogP contribution >= 0.6 is 0 Å². The molecule has 308 valence electrons. The summed E-state index contributed by atoms with van der Waals surface area (Å²) >= 11 is 0. The maximum atomic E-state index is 12.7. The summed E-state index contributed by atoms with van der Waals surface area (Å²) in [4.78, 5) is 25.1. The second kappa shape index (κ2) is 44.5. The lowest BCUT2D eigenvalue weighted by Gasteiger charge is -2.18. The first-order valence-electron chi connectivity index (χ1n) is 22.1. The molecule has 0 bridgehead atoms. The lowest BCUT2D eigenvalue weighted by molar-refractivity contribution is -0.163. The van der Waals surface area contributed by atoms with Crippen LogP contribution in [0.4, 0.5) is 0 Å². The summed E-state index contributed by atoms with van der Waals surface area (Å²) in [5, 5.41) is 0. The molecular formula is C49H82O5. The van der Waals surface area contributed by atoms with Crippen LogP contribution < -0.4 is 0 Å². The molecule has 0 fully saturated rings. The molecule has 0 aromatic carbocycles. The number of esters is 2. The average Bonchev–Trinajstić information content (AvgIpc) is 3.17. The number of carbonyl (C=O) groups excluding carboxylic acids is 2. The van der Waals surface area contributed by atoms with Gasteiger partial charge in [-0.15, -0.1) is 0 Å². The van der Waals surface area contributed by atoms with Crippen LogP contribution in [-0.4, -0.2) is 37.9 Å². The second-order valence-electron chi connectivity index (χ2n) is 14.2. The Morgan fingerprint density at radius 1 is 0.426 bits per heavy atom. The van der Waals surface area contributed by atoms with Crippen LogP contribution in [0.2, 0.25) is 0 Å². The molecule has 1 unspecified atom stereocenters. The molecule has 0 amide bonds. The Hall–Kier alpha value is -2.92. The molecule has 0 aromatic heterocycles. The number of rotatable bonds is 39. The lowest BCUT2D eigenvalue weighted by atomic mass is 10.1. The Morgan fingerprint density at radius 2 is 0.833 bits per heavy atom. The third-order valence-electron chi connectivity index (χ3n) is 8.93. The van der Waals surface area contributed by atoms with Crippen molar-refractivity contribution in [1.29, 1.82) is 0 Å². The van der Waals surface area contributed by atoms with Crippen molar-refractivity contribution >= 4 is 11.9 Å². The van der Waals surface area contributed by atoms with Crippen molar-refractivity contribution in [2.45, 2.75) is 194 Å². The number of allylic oxidation sites excluding steroid dienone is 14. The van der Waals surface area contributed by atoms with Gasteiger partial charge in [-0.1, -0.05) is 170 Å². The number of carbonyl (C=O) groups is 2. The quantitative estimate of drug-likeness (QED) is 0.0356. The first-order valence-corrected chi connectivity index (χ1v) is 22.1. The van der Waals surface area contributed by atoms with Gasteiger partial charge >= 0.3 is 11.9 Å². The molecule has 54 heavy (non-hydrogen) atoms. The standard InChI is InChI=1S/C49H82O5/c1-4-7-10-13-16-19-21-23-24-25-27-29-32-35-38-41-44-52-45-47(54-49(51)43-40-37-34-30-18-15-12-9-6-3)46-53-48(50)42-39-36-33-31-28-26-22-20-17-14-11-8-5-2/h7-8,10-11,16-17,19-20,23-24,26-29,47H,4-6,9,12-15,18,21-22,25,30-46H2,1-3H3/b10-7-,11-8-,19-16-,20-17-,24-23-,28-26-,29-27-. The van der Waals surface area contributed by atoms with E-state index in [1.807, 2.05) is 0 Å². The average molecular weight is 751 g/mol. The van der Waals surface area contributed by atoms with Crippen LogP contribution in [0, 0.1) is 0 Å². The van der Waals surface area contributed by atoms with Crippen LogP contribution in [0.3, 0.4) is 0 Å². The molecule has 0 rings (SSSR count). The minimum absolute atomic E-state index is 0.0542. The smallest absolute Gasteiger partial charge is 0.306 e. The third-order valence-corrected chi connectivity index (χ3v) is 8.93. The number of hydrogen-bond donors (Lipinski definition) is 0. The van der Waals surface area contributed by atoms with E-state index in [2.05, 4.69) is 106 Å². The highest BCUT2D eigenvalue weighted by atomic mass is 16.6. The molecular weight excluding hydrogens is 669 g/mol. The Kier molecular flexibility index (Phi) is 42.1. The molecule has 0 aliphatic heterocycles. The SMILES string of the molecule is CC/C=C\C/C=C\C/C=C\C/C=C\CCCCCOCC(COC(=O)CCCCC/C=C\C/C=C\C/C=C\CC)OC(=O)CCCCCCCCCCC. The van der Waals surface area contributed by atoms with E-state index < -0.39 is 6.10 Å².